The molecule has 0 atom stereocenters. The van der Waals surface area contributed by atoms with Crippen LogP contribution >= 0.6 is 11.3 Å². The van der Waals surface area contributed by atoms with E-state index in [9.17, 15) is 9.90 Å². The summed E-state index contributed by atoms with van der Waals surface area (Å²) in [5.41, 5.74) is 1.10. The first-order valence-electron chi connectivity index (χ1n) is 5.59. The van der Waals surface area contributed by atoms with Crippen molar-refractivity contribution in [2.24, 2.45) is 0 Å². The first-order chi connectivity index (χ1) is 7.70. The Bertz CT molecular complexity index is 345. The Morgan fingerprint density at radius 3 is 2.94 bits per heavy atom. The smallest absolute Gasteiger partial charge is 0.262 e. The van der Waals surface area contributed by atoms with Crippen LogP contribution in [0.3, 0.4) is 0 Å². The fourth-order valence-electron chi connectivity index (χ4n) is 2.11. The van der Waals surface area contributed by atoms with E-state index >= 15 is 0 Å². The van der Waals surface area contributed by atoms with E-state index in [0.29, 0.717) is 17.8 Å². The van der Waals surface area contributed by atoms with Gasteiger partial charge in [-0.3, -0.25) is 9.78 Å². The highest BCUT2D eigenvalue weighted by atomic mass is 32.1. The highest BCUT2D eigenvalue weighted by Gasteiger charge is 2.30. The molecule has 2 N–H and O–H groups in total. The van der Waals surface area contributed by atoms with E-state index in [1.54, 1.807) is 11.7 Å². The monoisotopic (exact) mass is 240 g/mol. The molecule has 5 heteroatoms. The molecule has 0 unspecified atom stereocenters. The van der Waals surface area contributed by atoms with E-state index in [2.05, 4.69) is 10.3 Å². The number of thiazole rings is 1. The fourth-order valence-corrected chi connectivity index (χ4v) is 2.64. The number of hydrogen-bond donors (Lipinski definition) is 2. The number of carbonyl (C=O) groups excluding carboxylic acids is 1. The Balaban J connectivity index is 1.74. The minimum Gasteiger partial charge on any atom is -0.390 e. The molecule has 0 aliphatic heterocycles. The molecule has 1 aliphatic rings. The van der Waals surface area contributed by atoms with E-state index in [0.717, 1.165) is 25.7 Å². The topological polar surface area (TPSA) is 62.2 Å². The highest BCUT2D eigenvalue weighted by Crippen LogP contribution is 2.31. The Morgan fingerprint density at radius 1 is 1.56 bits per heavy atom. The summed E-state index contributed by atoms with van der Waals surface area (Å²) in [6.45, 7) is 0.535. The van der Waals surface area contributed by atoms with Crippen LogP contribution < -0.4 is 5.32 Å². The van der Waals surface area contributed by atoms with Gasteiger partial charge in [-0.1, -0.05) is 12.8 Å². The largest absolute Gasteiger partial charge is 0.390 e. The third-order valence-electron chi connectivity index (χ3n) is 3.07. The van der Waals surface area contributed by atoms with Crippen LogP contribution in [0.1, 0.15) is 41.8 Å². The molecule has 1 saturated carbocycles. The van der Waals surface area contributed by atoms with Crippen molar-refractivity contribution in [2.45, 2.75) is 37.7 Å². The van der Waals surface area contributed by atoms with Crippen molar-refractivity contribution in [1.82, 2.24) is 10.3 Å². The molecule has 1 aliphatic carbocycles. The van der Waals surface area contributed by atoms with Gasteiger partial charge in [0.25, 0.3) is 5.91 Å². The normalized spacial score (nSPS) is 18.6. The molecule has 1 amide bonds. The zero-order valence-electron chi connectivity index (χ0n) is 9.11. The van der Waals surface area contributed by atoms with Crippen molar-refractivity contribution in [3.8, 4) is 0 Å². The molecule has 0 bridgehead atoms. The average Bonchev–Trinajstić information content (AvgIpc) is 2.88. The van der Waals surface area contributed by atoms with E-state index in [1.165, 1.54) is 11.3 Å². The van der Waals surface area contributed by atoms with Crippen molar-refractivity contribution in [3.63, 3.8) is 0 Å². The third-order valence-corrected chi connectivity index (χ3v) is 3.84. The SMILES string of the molecule is O=C(NCCC1(O)CCCC1)c1cncs1. The van der Waals surface area contributed by atoms with Gasteiger partial charge < -0.3 is 10.4 Å². The van der Waals surface area contributed by atoms with Crippen LogP contribution in [0.5, 0.6) is 0 Å². The van der Waals surface area contributed by atoms with E-state index in [4.69, 9.17) is 0 Å². The predicted molar refractivity (Wildman–Crippen MR) is 62.5 cm³/mol. The summed E-state index contributed by atoms with van der Waals surface area (Å²) in [4.78, 5) is 16.0. The molecule has 1 aromatic heterocycles. The summed E-state index contributed by atoms with van der Waals surface area (Å²) < 4.78 is 0. The van der Waals surface area contributed by atoms with E-state index in [-0.39, 0.29) is 5.91 Å². The van der Waals surface area contributed by atoms with Crippen LogP contribution in [-0.4, -0.2) is 28.1 Å². The lowest BCUT2D eigenvalue weighted by molar-refractivity contribution is 0.0390. The lowest BCUT2D eigenvalue weighted by atomic mass is 9.98. The molecule has 1 fully saturated rings. The van der Waals surface area contributed by atoms with Gasteiger partial charge in [-0.2, -0.15) is 0 Å². The van der Waals surface area contributed by atoms with Gasteiger partial charge in [0.1, 0.15) is 4.88 Å². The molecule has 1 heterocycles. The molecule has 0 radical (unpaired) electrons. The molecule has 16 heavy (non-hydrogen) atoms. The quantitative estimate of drug-likeness (QED) is 0.839. The standard InChI is InChI=1S/C11H16N2O2S/c14-10(9-7-12-8-16-9)13-6-5-11(15)3-1-2-4-11/h7-8,15H,1-6H2,(H,13,14). The number of rotatable bonds is 4. The summed E-state index contributed by atoms with van der Waals surface area (Å²) in [7, 11) is 0. The zero-order chi connectivity index (χ0) is 11.4. The summed E-state index contributed by atoms with van der Waals surface area (Å²) in [5.74, 6) is -0.0934. The van der Waals surface area contributed by atoms with Crippen molar-refractivity contribution >= 4 is 17.2 Å². The zero-order valence-corrected chi connectivity index (χ0v) is 9.92. The summed E-state index contributed by atoms with van der Waals surface area (Å²) >= 11 is 1.33. The number of amides is 1. The highest BCUT2D eigenvalue weighted by molar-refractivity contribution is 7.11. The van der Waals surface area contributed by atoms with Crippen LogP contribution in [-0.2, 0) is 0 Å². The van der Waals surface area contributed by atoms with Crippen LogP contribution in [0.25, 0.3) is 0 Å². The summed E-state index contributed by atoms with van der Waals surface area (Å²) in [5, 5.41) is 12.9. The van der Waals surface area contributed by atoms with Gasteiger partial charge in [-0.05, 0) is 19.3 Å². The maximum Gasteiger partial charge on any atom is 0.262 e. The van der Waals surface area contributed by atoms with Gasteiger partial charge in [0.05, 0.1) is 17.3 Å². The van der Waals surface area contributed by atoms with Crippen LogP contribution in [0, 0.1) is 0 Å². The minimum absolute atomic E-state index is 0.0934. The van der Waals surface area contributed by atoms with Crippen LogP contribution in [0.2, 0.25) is 0 Å². The van der Waals surface area contributed by atoms with Crippen molar-refractivity contribution in [1.29, 1.82) is 0 Å². The number of aliphatic hydroxyl groups is 1. The number of nitrogens with zero attached hydrogens (tertiary/aromatic N) is 1. The molecule has 0 aromatic carbocycles. The minimum atomic E-state index is -0.541. The molecule has 4 nitrogen and oxygen atoms in total. The molecule has 88 valence electrons. The second kappa shape index (κ2) is 4.93. The van der Waals surface area contributed by atoms with Gasteiger partial charge in [-0.15, -0.1) is 11.3 Å². The van der Waals surface area contributed by atoms with Crippen molar-refractivity contribution in [2.75, 3.05) is 6.54 Å². The van der Waals surface area contributed by atoms with Gasteiger partial charge >= 0.3 is 0 Å². The van der Waals surface area contributed by atoms with Gasteiger partial charge in [0.15, 0.2) is 0 Å². The number of hydrogen-bond acceptors (Lipinski definition) is 4. The summed E-state index contributed by atoms with van der Waals surface area (Å²) in [6.07, 6.45) is 6.13. The Morgan fingerprint density at radius 2 is 2.31 bits per heavy atom. The maximum atomic E-state index is 11.6. The lowest BCUT2D eigenvalue weighted by Gasteiger charge is -2.21. The Kier molecular flexibility index (Phi) is 3.56. The number of carbonyl (C=O) groups is 1. The first kappa shape index (κ1) is 11.5. The Labute approximate surface area is 98.7 Å². The van der Waals surface area contributed by atoms with Gasteiger partial charge in [-0.25, -0.2) is 0 Å². The molecular formula is C11H16N2O2S. The predicted octanol–water partition coefficient (Wildman–Crippen LogP) is 1.57. The van der Waals surface area contributed by atoms with Gasteiger partial charge in [0, 0.05) is 6.54 Å². The molecular weight excluding hydrogens is 224 g/mol. The molecule has 1 aromatic rings. The first-order valence-corrected chi connectivity index (χ1v) is 6.47. The fraction of sp³-hybridized carbons (Fsp3) is 0.636. The summed E-state index contributed by atoms with van der Waals surface area (Å²) in [6, 6.07) is 0. The van der Waals surface area contributed by atoms with Crippen LogP contribution in [0.15, 0.2) is 11.7 Å². The number of nitrogens with one attached hydrogen (secondary N) is 1. The third kappa shape index (κ3) is 2.80. The molecule has 0 saturated heterocycles. The van der Waals surface area contributed by atoms with Crippen molar-refractivity contribution in [3.05, 3.63) is 16.6 Å². The molecule has 2 rings (SSSR count). The second-order valence-corrected chi connectivity index (χ2v) is 5.19. The second-order valence-electron chi connectivity index (χ2n) is 4.30. The van der Waals surface area contributed by atoms with Gasteiger partial charge in [0.2, 0.25) is 0 Å². The van der Waals surface area contributed by atoms with Crippen LogP contribution in [0.4, 0.5) is 0 Å². The maximum absolute atomic E-state index is 11.6. The van der Waals surface area contributed by atoms with E-state index < -0.39 is 5.60 Å². The van der Waals surface area contributed by atoms with Crippen molar-refractivity contribution < 1.29 is 9.90 Å². The average molecular weight is 240 g/mol. The number of aromatic nitrogens is 1. The Hall–Kier alpha value is -0.940. The lowest BCUT2D eigenvalue weighted by Crippen LogP contribution is -2.32. The van der Waals surface area contributed by atoms with E-state index in [1.807, 2.05) is 0 Å². The molecule has 0 spiro atoms.